The molecule has 6 atom stereocenters. The number of carbonyl (C=O) groups is 2. The summed E-state index contributed by atoms with van der Waals surface area (Å²) in [5.74, 6) is 3.19. The van der Waals surface area contributed by atoms with Gasteiger partial charge in [0.05, 0.1) is 0 Å². The number of ketones is 2. The number of hydrogen-bond acceptors (Lipinski definition) is 3. The highest BCUT2D eigenvalue weighted by molar-refractivity contribution is 5.93. The van der Waals surface area contributed by atoms with Crippen molar-refractivity contribution in [3.8, 4) is 11.8 Å². The Morgan fingerprint density at radius 1 is 1.10 bits per heavy atom. The third kappa shape index (κ3) is 5.28. The lowest BCUT2D eigenvalue weighted by atomic mass is 9.51. The molecule has 2 saturated carbocycles. The molecule has 1 unspecified atom stereocenters. The molecule has 3 fully saturated rings. The number of rotatable bonds is 5. The number of allylic oxidation sites excluding steroid dienone is 4. The number of nitrogens with zero attached hydrogens (tertiary/aromatic N) is 1. The van der Waals surface area contributed by atoms with E-state index >= 15 is 4.39 Å². The maximum Gasteiger partial charge on any atom is 0.457 e. The van der Waals surface area contributed by atoms with Crippen LogP contribution < -0.4 is 4.90 Å². The van der Waals surface area contributed by atoms with Gasteiger partial charge in [-0.15, -0.1) is 0 Å². The van der Waals surface area contributed by atoms with Crippen molar-refractivity contribution >= 4 is 17.3 Å². The SMILES string of the molecule is C[C@]12C[C@H](c3ccc(N4CCCC4)cc3)C3=C4CCC(=O)C=C4C(F)C[C@H]3[C@@H]1CC[C@@H]2C(=O)CCC#CC(F)(F)F. The molecule has 1 aromatic rings. The van der Waals surface area contributed by atoms with Crippen LogP contribution >= 0.6 is 0 Å². The number of hydrogen-bond donors (Lipinski definition) is 0. The Hall–Kier alpha value is -2.88. The van der Waals surface area contributed by atoms with Crippen LogP contribution in [-0.2, 0) is 9.59 Å². The first-order chi connectivity index (χ1) is 19.5. The van der Waals surface area contributed by atoms with Crippen LogP contribution in [0.1, 0.15) is 82.6 Å². The molecule has 1 saturated heterocycles. The average molecular weight is 568 g/mol. The summed E-state index contributed by atoms with van der Waals surface area (Å²) < 4.78 is 53.2. The van der Waals surface area contributed by atoms with E-state index in [0.29, 0.717) is 31.3 Å². The van der Waals surface area contributed by atoms with Crippen molar-refractivity contribution in [2.45, 2.75) is 89.4 Å². The molecule has 7 heteroatoms. The Kier molecular flexibility index (Phi) is 7.41. The Balaban J connectivity index is 1.36. The molecule has 0 amide bonds. The van der Waals surface area contributed by atoms with Gasteiger partial charge in [-0.2, -0.15) is 13.2 Å². The Morgan fingerprint density at radius 3 is 2.54 bits per heavy atom. The minimum absolute atomic E-state index is 0.00457. The van der Waals surface area contributed by atoms with E-state index < -0.39 is 12.3 Å². The van der Waals surface area contributed by atoms with Gasteiger partial charge in [0.25, 0.3) is 0 Å². The molecule has 41 heavy (non-hydrogen) atoms. The number of fused-ring (bicyclic) bond motifs is 4. The number of carbonyl (C=O) groups excluding carboxylic acids is 2. The molecule has 0 aromatic heterocycles. The van der Waals surface area contributed by atoms with Gasteiger partial charge in [-0.3, -0.25) is 9.59 Å². The summed E-state index contributed by atoms with van der Waals surface area (Å²) in [7, 11) is 0. The molecule has 0 spiro atoms. The van der Waals surface area contributed by atoms with Crippen molar-refractivity contribution in [3.05, 3.63) is 52.6 Å². The number of halogens is 4. The standard InChI is InChI=1S/C34H37F4NO2/c1-33-20-27(21-7-9-22(10-8-21)39-16-4-5-17-39)32-24-12-11-23(40)18-25(24)30(35)19-26(32)28(33)13-14-29(33)31(41)6-2-3-15-34(36,37)38/h7-10,18,26-30H,2,4-6,11-14,16-17,19-20H2,1H3/t26-,27+,28-,29+,30?,33-/m0/s1. The molecule has 0 radical (unpaired) electrons. The first-order valence-corrected chi connectivity index (χ1v) is 15.1. The quantitative estimate of drug-likeness (QED) is 0.271. The molecular weight excluding hydrogens is 530 g/mol. The van der Waals surface area contributed by atoms with Crippen molar-refractivity contribution in [3.63, 3.8) is 0 Å². The number of Topliss-reactive ketones (excluding diaryl/α,β-unsaturated/α-hetero) is 1. The maximum absolute atomic E-state index is 15.7. The second-order valence-electron chi connectivity index (χ2n) is 12.9. The van der Waals surface area contributed by atoms with Gasteiger partial charge in [0, 0.05) is 55.8 Å². The van der Waals surface area contributed by atoms with Crippen LogP contribution in [0.4, 0.5) is 23.2 Å². The van der Waals surface area contributed by atoms with E-state index in [9.17, 15) is 22.8 Å². The van der Waals surface area contributed by atoms with Crippen LogP contribution in [0.15, 0.2) is 47.1 Å². The fourth-order valence-corrected chi connectivity index (χ4v) is 8.88. The fourth-order valence-electron chi connectivity index (χ4n) is 8.88. The van der Waals surface area contributed by atoms with Gasteiger partial charge in [0.15, 0.2) is 5.78 Å². The van der Waals surface area contributed by atoms with E-state index in [4.69, 9.17) is 0 Å². The third-order valence-electron chi connectivity index (χ3n) is 10.6. The zero-order valence-electron chi connectivity index (χ0n) is 23.5. The molecule has 5 aliphatic rings. The minimum Gasteiger partial charge on any atom is -0.372 e. The van der Waals surface area contributed by atoms with Crippen LogP contribution in [0, 0.1) is 35.0 Å². The third-order valence-corrected chi connectivity index (χ3v) is 10.6. The van der Waals surface area contributed by atoms with Gasteiger partial charge < -0.3 is 4.90 Å². The molecule has 4 aliphatic carbocycles. The molecule has 1 heterocycles. The van der Waals surface area contributed by atoms with Gasteiger partial charge in [0.2, 0.25) is 0 Å². The molecule has 6 rings (SSSR count). The first kappa shape index (κ1) is 28.2. The molecule has 0 N–H and O–H groups in total. The van der Waals surface area contributed by atoms with Crippen LogP contribution in [0.5, 0.6) is 0 Å². The van der Waals surface area contributed by atoms with Gasteiger partial charge in [0.1, 0.15) is 12.0 Å². The fraction of sp³-hybridized carbons (Fsp3) is 0.588. The average Bonchev–Trinajstić information content (AvgIpc) is 3.59. The highest BCUT2D eigenvalue weighted by Crippen LogP contribution is 2.66. The van der Waals surface area contributed by atoms with Crippen LogP contribution in [0.25, 0.3) is 0 Å². The van der Waals surface area contributed by atoms with E-state index in [2.05, 4.69) is 42.0 Å². The maximum atomic E-state index is 15.7. The number of alkyl halides is 4. The summed E-state index contributed by atoms with van der Waals surface area (Å²) in [4.78, 5) is 28.1. The van der Waals surface area contributed by atoms with Crippen molar-refractivity contribution in [1.82, 2.24) is 0 Å². The van der Waals surface area contributed by atoms with E-state index in [-0.39, 0.29) is 53.5 Å². The van der Waals surface area contributed by atoms with Crippen molar-refractivity contribution in [2.75, 3.05) is 18.0 Å². The lowest BCUT2D eigenvalue weighted by molar-refractivity contribution is -0.127. The van der Waals surface area contributed by atoms with Crippen LogP contribution in [-0.4, -0.2) is 37.0 Å². The van der Waals surface area contributed by atoms with Gasteiger partial charge in [-0.1, -0.05) is 30.6 Å². The Morgan fingerprint density at radius 2 is 1.83 bits per heavy atom. The van der Waals surface area contributed by atoms with Crippen LogP contribution in [0.3, 0.4) is 0 Å². The lowest BCUT2D eigenvalue weighted by Crippen LogP contribution is -2.46. The summed E-state index contributed by atoms with van der Waals surface area (Å²) in [6.07, 6.45) is 1.53. The number of anilines is 1. The first-order valence-electron chi connectivity index (χ1n) is 15.1. The monoisotopic (exact) mass is 567 g/mol. The van der Waals surface area contributed by atoms with E-state index in [0.717, 1.165) is 37.1 Å². The largest absolute Gasteiger partial charge is 0.457 e. The van der Waals surface area contributed by atoms with E-state index in [1.165, 1.54) is 36.1 Å². The zero-order valence-corrected chi connectivity index (χ0v) is 23.5. The van der Waals surface area contributed by atoms with Gasteiger partial charge in [-0.25, -0.2) is 4.39 Å². The molecule has 1 aliphatic heterocycles. The normalized spacial score (nSPS) is 33.0. The van der Waals surface area contributed by atoms with Gasteiger partial charge in [-0.05, 0) is 97.1 Å². The molecule has 218 valence electrons. The van der Waals surface area contributed by atoms with Crippen molar-refractivity contribution in [1.29, 1.82) is 0 Å². The molecule has 0 bridgehead atoms. The van der Waals surface area contributed by atoms with E-state index in [1.807, 2.05) is 0 Å². The minimum atomic E-state index is -4.56. The van der Waals surface area contributed by atoms with Crippen LogP contribution in [0.2, 0.25) is 0 Å². The summed E-state index contributed by atoms with van der Waals surface area (Å²) in [5.41, 5.74) is 4.81. The van der Waals surface area contributed by atoms with E-state index in [1.54, 1.807) is 0 Å². The second kappa shape index (κ2) is 10.7. The summed E-state index contributed by atoms with van der Waals surface area (Å²) in [6.45, 7) is 4.26. The predicted molar refractivity (Wildman–Crippen MR) is 150 cm³/mol. The second-order valence-corrected chi connectivity index (χ2v) is 12.9. The summed E-state index contributed by atoms with van der Waals surface area (Å²) in [6, 6.07) is 8.72. The Bertz CT molecular complexity index is 1340. The Labute approximate surface area is 239 Å². The predicted octanol–water partition coefficient (Wildman–Crippen LogP) is 7.67. The summed E-state index contributed by atoms with van der Waals surface area (Å²) in [5, 5.41) is 0. The molecular formula is C34H37F4NO2. The highest BCUT2D eigenvalue weighted by atomic mass is 19.4. The number of benzene rings is 1. The highest BCUT2D eigenvalue weighted by Gasteiger charge is 2.58. The topological polar surface area (TPSA) is 37.4 Å². The summed E-state index contributed by atoms with van der Waals surface area (Å²) >= 11 is 0. The van der Waals surface area contributed by atoms with Crippen molar-refractivity contribution in [2.24, 2.45) is 23.2 Å². The van der Waals surface area contributed by atoms with Crippen molar-refractivity contribution < 1.29 is 27.2 Å². The smallest absolute Gasteiger partial charge is 0.372 e. The zero-order chi connectivity index (χ0) is 28.9. The van der Waals surface area contributed by atoms with Gasteiger partial charge >= 0.3 is 6.18 Å². The molecule has 1 aromatic carbocycles. The molecule has 3 nitrogen and oxygen atoms in total. The lowest BCUT2D eigenvalue weighted by Gasteiger charge is -2.53.